The van der Waals surface area contributed by atoms with E-state index in [-0.39, 0.29) is 11.9 Å². The first-order valence-electron chi connectivity index (χ1n) is 7.55. The second-order valence-electron chi connectivity index (χ2n) is 5.60. The topological polar surface area (TPSA) is 51.0 Å². The highest BCUT2D eigenvalue weighted by atomic mass is 32.1. The van der Waals surface area contributed by atoms with E-state index in [0.29, 0.717) is 5.56 Å². The first-order valence-corrected chi connectivity index (χ1v) is 8.43. The third-order valence-corrected chi connectivity index (χ3v) is 5.30. The van der Waals surface area contributed by atoms with Crippen LogP contribution in [-0.2, 0) is 6.42 Å². The van der Waals surface area contributed by atoms with E-state index in [1.165, 1.54) is 10.4 Å². The molecule has 0 bridgehead atoms. The molecule has 23 heavy (non-hydrogen) atoms. The summed E-state index contributed by atoms with van der Waals surface area (Å²) >= 11 is 1.78. The van der Waals surface area contributed by atoms with E-state index in [9.17, 15) is 4.79 Å². The number of fused-ring (bicyclic) bond motifs is 1. The number of carbonyl (C=O) groups excluding carboxylic acids is 1. The maximum atomic E-state index is 12.8. The SMILES string of the molecule is C[C@@H]1c2ccsc2CCN1C(=O)c1ccc(-n2ccnc2)nc1. The number of hydrogen-bond donors (Lipinski definition) is 0. The van der Waals surface area contributed by atoms with Crippen molar-refractivity contribution in [2.75, 3.05) is 6.54 Å². The zero-order valence-corrected chi connectivity index (χ0v) is 13.5. The van der Waals surface area contributed by atoms with Gasteiger partial charge in [-0.25, -0.2) is 9.97 Å². The second-order valence-corrected chi connectivity index (χ2v) is 6.60. The molecule has 0 saturated carbocycles. The number of imidazole rings is 1. The zero-order chi connectivity index (χ0) is 15.8. The Kier molecular flexibility index (Phi) is 3.46. The van der Waals surface area contributed by atoms with Gasteiger partial charge in [-0.1, -0.05) is 0 Å². The molecule has 116 valence electrons. The van der Waals surface area contributed by atoms with Gasteiger partial charge in [0.05, 0.1) is 11.6 Å². The monoisotopic (exact) mass is 324 g/mol. The van der Waals surface area contributed by atoms with Crippen LogP contribution in [0.1, 0.15) is 33.8 Å². The predicted molar refractivity (Wildman–Crippen MR) is 88.8 cm³/mol. The van der Waals surface area contributed by atoms with Gasteiger partial charge >= 0.3 is 0 Å². The van der Waals surface area contributed by atoms with Gasteiger partial charge in [0.2, 0.25) is 0 Å². The lowest BCUT2D eigenvalue weighted by molar-refractivity contribution is 0.0679. The summed E-state index contributed by atoms with van der Waals surface area (Å²) in [4.78, 5) is 24.5. The van der Waals surface area contributed by atoms with Crippen LogP contribution in [0.5, 0.6) is 0 Å². The van der Waals surface area contributed by atoms with E-state index >= 15 is 0 Å². The molecule has 1 aliphatic rings. The van der Waals surface area contributed by atoms with Crippen LogP contribution in [-0.4, -0.2) is 31.9 Å². The lowest BCUT2D eigenvalue weighted by Gasteiger charge is -2.33. The molecule has 1 amide bonds. The van der Waals surface area contributed by atoms with Gasteiger partial charge in [-0.2, -0.15) is 0 Å². The fraction of sp³-hybridized carbons (Fsp3) is 0.235. The van der Waals surface area contributed by atoms with Crippen molar-refractivity contribution in [3.05, 3.63) is 64.5 Å². The van der Waals surface area contributed by atoms with E-state index in [4.69, 9.17) is 0 Å². The molecular weight excluding hydrogens is 308 g/mol. The fourth-order valence-corrected chi connectivity index (χ4v) is 3.98. The maximum Gasteiger partial charge on any atom is 0.255 e. The van der Waals surface area contributed by atoms with Crippen LogP contribution in [0.25, 0.3) is 5.82 Å². The van der Waals surface area contributed by atoms with E-state index in [0.717, 1.165) is 18.8 Å². The molecule has 0 saturated heterocycles. The Labute approximate surface area is 138 Å². The summed E-state index contributed by atoms with van der Waals surface area (Å²) in [5.41, 5.74) is 1.90. The molecule has 0 unspecified atom stereocenters. The van der Waals surface area contributed by atoms with Crippen molar-refractivity contribution in [1.82, 2.24) is 19.4 Å². The highest BCUT2D eigenvalue weighted by Gasteiger charge is 2.29. The molecule has 0 radical (unpaired) electrons. The van der Waals surface area contributed by atoms with Crippen molar-refractivity contribution in [2.45, 2.75) is 19.4 Å². The normalized spacial score (nSPS) is 17.1. The highest BCUT2D eigenvalue weighted by molar-refractivity contribution is 7.10. The van der Waals surface area contributed by atoms with Crippen LogP contribution in [0.4, 0.5) is 0 Å². The van der Waals surface area contributed by atoms with Crippen molar-refractivity contribution >= 4 is 17.2 Å². The summed E-state index contributed by atoms with van der Waals surface area (Å²) < 4.78 is 1.81. The first-order chi connectivity index (χ1) is 11.2. The molecule has 4 rings (SSSR count). The Hall–Kier alpha value is -2.47. The minimum atomic E-state index is 0.0408. The zero-order valence-electron chi connectivity index (χ0n) is 12.7. The van der Waals surface area contributed by atoms with Crippen LogP contribution < -0.4 is 0 Å². The summed E-state index contributed by atoms with van der Waals surface area (Å²) in [6.07, 6.45) is 7.80. The van der Waals surface area contributed by atoms with Gasteiger partial charge in [0.1, 0.15) is 12.1 Å². The van der Waals surface area contributed by atoms with Crippen LogP contribution in [0.2, 0.25) is 0 Å². The van der Waals surface area contributed by atoms with Gasteiger partial charge in [0, 0.05) is 30.0 Å². The minimum Gasteiger partial charge on any atom is -0.331 e. The molecular formula is C17H16N4OS. The number of amides is 1. The Morgan fingerprint density at radius 3 is 3.00 bits per heavy atom. The second kappa shape index (κ2) is 5.62. The number of carbonyl (C=O) groups is 1. The number of rotatable bonds is 2. The molecule has 4 heterocycles. The fourth-order valence-electron chi connectivity index (χ4n) is 3.01. The van der Waals surface area contributed by atoms with Crippen molar-refractivity contribution in [2.24, 2.45) is 0 Å². The van der Waals surface area contributed by atoms with Crippen LogP contribution >= 0.6 is 11.3 Å². The van der Waals surface area contributed by atoms with Gasteiger partial charge in [0.25, 0.3) is 5.91 Å². The summed E-state index contributed by atoms with van der Waals surface area (Å²) in [7, 11) is 0. The molecule has 3 aromatic heterocycles. The Morgan fingerprint density at radius 1 is 1.35 bits per heavy atom. The first kappa shape index (κ1) is 14.1. The van der Waals surface area contributed by atoms with E-state index < -0.39 is 0 Å². The molecule has 5 nitrogen and oxygen atoms in total. The third kappa shape index (κ3) is 2.45. The quantitative estimate of drug-likeness (QED) is 0.728. The van der Waals surface area contributed by atoms with Crippen molar-refractivity contribution in [1.29, 1.82) is 0 Å². The number of thiophene rings is 1. The molecule has 0 aliphatic carbocycles. The number of pyridine rings is 1. The lowest BCUT2D eigenvalue weighted by Crippen LogP contribution is -2.38. The highest BCUT2D eigenvalue weighted by Crippen LogP contribution is 2.33. The molecule has 1 aliphatic heterocycles. The Bertz CT molecular complexity index is 823. The van der Waals surface area contributed by atoms with Crippen molar-refractivity contribution in [3.63, 3.8) is 0 Å². The summed E-state index contributed by atoms with van der Waals surface area (Å²) in [5.74, 6) is 0.796. The number of aromatic nitrogens is 3. The number of nitrogens with zero attached hydrogens (tertiary/aromatic N) is 4. The van der Waals surface area contributed by atoms with Gasteiger partial charge in [-0.3, -0.25) is 9.36 Å². The van der Waals surface area contributed by atoms with Crippen molar-refractivity contribution in [3.8, 4) is 5.82 Å². The predicted octanol–water partition coefficient (Wildman–Crippen LogP) is 3.09. The van der Waals surface area contributed by atoms with E-state index in [1.807, 2.05) is 27.8 Å². The molecule has 1 atom stereocenters. The van der Waals surface area contributed by atoms with E-state index in [1.54, 1.807) is 30.1 Å². The van der Waals surface area contributed by atoms with E-state index in [2.05, 4.69) is 28.3 Å². The summed E-state index contributed by atoms with van der Waals surface area (Å²) in [6.45, 7) is 2.85. The third-order valence-electron chi connectivity index (χ3n) is 4.30. The average Bonchev–Trinajstić information content (AvgIpc) is 3.27. The van der Waals surface area contributed by atoms with Gasteiger partial charge in [-0.05, 0) is 42.5 Å². The largest absolute Gasteiger partial charge is 0.331 e. The minimum absolute atomic E-state index is 0.0408. The molecule has 0 fully saturated rings. The van der Waals surface area contributed by atoms with Crippen LogP contribution in [0, 0.1) is 0 Å². The summed E-state index contributed by atoms with van der Waals surface area (Å²) in [5, 5.41) is 2.11. The maximum absolute atomic E-state index is 12.8. The van der Waals surface area contributed by atoms with Crippen LogP contribution in [0.15, 0.2) is 48.5 Å². The molecule has 6 heteroatoms. The smallest absolute Gasteiger partial charge is 0.255 e. The Morgan fingerprint density at radius 2 is 2.26 bits per heavy atom. The lowest BCUT2D eigenvalue weighted by atomic mass is 10.0. The van der Waals surface area contributed by atoms with Gasteiger partial charge in [0.15, 0.2) is 0 Å². The van der Waals surface area contributed by atoms with Gasteiger partial charge in [-0.15, -0.1) is 11.3 Å². The van der Waals surface area contributed by atoms with Gasteiger partial charge < -0.3 is 4.90 Å². The molecule has 0 aromatic carbocycles. The average molecular weight is 324 g/mol. The molecule has 0 spiro atoms. The number of hydrogen-bond acceptors (Lipinski definition) is 4. The summed E-state index contributed by atoms with van der Waals surface area (Å²) in [6, 6.07) is 5.93. The van der Waals surface area contributed by atoms with Crippen molar-refractivity contribution < 1.29 is 4.79 Å². The van der Waals surface area contributed by atoms with Crippen LogP contribution in [0.3, 0.4) is 0 Å². The molecule has 0 N–H and O–H groups in total. The Balaban J connectivity index is 1.58. The standard InChI is InChI=1S/C17H16N4OS/c1-12-14-5-9-23-15(14)4-7-21(12)17(22)13-2-3-16(19-10-13)20-8-6-18-11-20/h2-3,5-6,8-12H,4,7H2,1H3/t12-/m1/s1. The molecule has 3 aromatic rings.